The summed E-state index contributed by atoms with van der Waals surface area (Å²) in [6.45, 7) is 4.65. The third-order valence-electron chi connectivity index (χ3n) is 2.54. The number of hydrogen-bond acceptors (Lipinski definition) is 3. The quantitative estimate of drug-likeness (QED) is 0.683. The number of hydrazine groups is 1. The van der Waals surface area contributed by atoms with Crippen molar-refractivity contribution in [3.63, 3.8) is 0 Å². The first-order valence-corrected chi connectivity index (χ1v) is 4.85. The molecule has 76 valence electrons. The Morgan fingerprint density at radius 1 is 1.69 bits per heavy atom. The maximum atomic E-state index is 11.5. The number of rotatable bonds is 3. The molecule has 13 heavy (non-hydrogen) atoms. The van der Waals surface area contributed by atoms with Gasteiger partial charge in [0.2, 0.25) is 5.91 Å². The van der Waals surface area contributed by atoms with Crippen LogP contribution in [0.1, 0.15) is 26.7 Å². The first kappa shape index (κ1) is 10.5. The molecule has 4 nitrogen and oxygen atoms in total. The molecule has 2 unspecified atom stereocenters. The molecule has 0 radical (unpaired) electrons. The Hall–Kier alpha value is -0.610. The normalized spacial score (nSPS) is 26.9. The maximum absolute atomic E-state index is 11.5. The van der Waals surface area contributed by atoms with Crippen LogP contribution in [0.5, 0.6) is 0 Å². The SMILES string of the molecule is CCC1CC(=O)N(CC(C)N)N1C. The van der Waals surface area contributed by atoms with Crippen LogP contribution in [-0.2, 0) is 4.79 Å². The van der Waals surface area contributed by atoms with Gasteiger partial charge in [-0.25, -0.2) is 5.01 Å². The fraction of sp³-hybridized carbons (Fsp3) is 0.889. The minimum atomic E-state index is 0.0435. The molecule has 2 atom stereocenters. The molecule has 0 saturated carbocycles. The monoisotopic (exact) mass is 185 g/mol. The first-order valence-electron chi connectivity index (χ1n) is 4.85. The molecule has 2 N–H and O–H groups in total. The lowest BCUT2D eigenvalue weighted by atomic mass is 10.2. The Labute approximate surface area is 79.6 Å². The Morgan fingerprint density at radius 2 is 2.31 bits per heavy atom. The number of amides is 1. The summed E-state index contributed by atoms with van der Waals surface area (Å²) in [5.74, 6) is 0.201. The van der Waals surface area contributed by atoms with Crippen LogP contribution >= 0.6 is 0 Å². The van der Waals surface area contributed by atoms with Gasteiger partial charge in [-0.2, -0.15) is 0 Å². The van der Waals surface area contributed by atoms with E-state index in [-0.39, 0.29) is 11.9 Å². The highest BCUT2D eigenvalue weighted by Gasteiger charge is 2.33. The molecule has 0 aromatic rings. The summed E-state index contributed by atoms with van der Waals surface area (Å²) in [7, 11) is 1.96. The molecule has 0 aromatic carbocycles. The molecule has 4 heteroatoms. The fourth-order valence-corrected chi connectivity index (χ4v) is 1.72. The second-order valence-electron chi connectivity index (χ2n) is 3.79. The summed E-state index contributed by atoms with van der Waals surface area (Å²) >= 11 is 0. The van der Waals surface area contributed by atoms with Crippen molar-refractivity contribution in [2.45, 2.75) is 38.8 Å². The van der Waals surface area contributed by atoms with Gasteiger partial charge in [-0.3, -0.25) is 9.80 Å². The van der Waals surface area contributed by atoms with E-state index >= 15 is 0 Å². The van der Waals surface area contributed by atoms with Gasteiger partial charge in [0.1, 0.15) is 0 Å². The van der Waals surface area contributed by atoms with Gasteiger partial charge in [0.05, 0.1) is 6.54 Å². The molecule has 1 heterocycles. The standard InChI is InChI=1S/C9H19N3O/c1-4-8-5-9(13)12(11(8)3)6-7(2)10/h7-8H,4-6,10H2,1-3H3. The van der Waals surface area contributed by atoms with Crippen LogP contribution < -0.4 is 5.73 Å². The van der Waals surface area contributed by atoms with Gasteiger partial charge in [0.25, 0.3) is 0 Å². The molecule has 0 bridgehead atoms. The zero-order valence-corrected chi connectivity index (χ0v) is 8.66. The van der Waals surface area contributed by atoms with Crippen LogP contribution in [0.4, 0.5) is 0 Å². The van der Waals surface area contributed by atoms with Gasteiger partial charge in [-0.05, 0) is 13.3 Å². The summed E-state index contributed by atoms with van der Waals surface area (Å²) < 4.78 is 0. The fourth-order valence-electron chi connectivity index (χ4n) is 1.72. The van der Waals surface area contributed by atoms with E-state index in [0.29, 0.717) is 19.0 Å². The Balaban J connectivity index is 2.59. The Morgan fingerprint density at radius 3 is 2.69 bits per heavy atom. The number of carbonyl (C=O) groups is 1. The summed E-state index contributed by atoms with van der Waals surface area (Å²) in [5, 5.41) is 3.78. The van der Waals surface area contributed by atoms with Crippen molar-refractivity contribution >= 4 is 5.91 Å². The van der Waals surface area contributed by atoms with Crippen LogP contribution in [0.2, 0.25) is 0 Å². The van der Waals surface area contributed by atoms with Gasteiger partial charge < -0.3 is 5.73 Å². The van der Waals surface area contributed by atoms with Gasteiger partial charge in [0.15, 0.2) is 0 Å². The second kappa shape index (κ2) is 4.07. The van der Waals surface area contributed by atoms with Crippen molar-refractivity contribution in [3.8, 4) is 0 Å². The zero-order valence-electron chi connectivity index (χ0n) is 8.66. The molecule has 1 aliphatic heterocycles. The zero-order chi connectivity index (χ0) is 10.0. The minimum absolute atomic E-state index is 0.0435. The molecule has 1 rings (SSSR count). The third kappa shape index (κ3) is 2.19. The van der Waals surface area contributed by atoms with Crippen LogP contribution in [0.15, 0.2) is 0 Å². The molecular weight excluding hydrogens is 166 g/mol. The van der Waals surface area contributed by atoms with E-state index in [0.717, 1.165) is 6.42 Å². The van der Waals surface area contributed by atoms with E-state index in [2.05, 4.69) is 6.92 Å². The number of nitrogens with two attached hydrogens (primary N) is 1. The van der Waals surface area contributed by atoms with E-state index < -0.39 is 0 Å². The minimum Gasteiger partial charge on any atom is -0.326 e. The highest BCUT2D eigenvalue weighted by Crippen LogP contribution is 2.19. The predicted molar refractivity (Wildman–Crippen MR) is 51.8 cm³/mol. The summed E-state index contributed by atoms with van der Waals surface area (Å²) in [4.78, 5) is 11.5. The molecule has 1 fully saturated rings. The molecule has 0 aromatic heterocycles. The summed E-state index contributed by atoms with van der Waals surface area (Å²) in [6.07, 6.45) is 1.65. The van der Waals surface area contributed by atoms with Crippen molar-refractivity contribution in [2.24, 2.45) is 5.73 Å². The van der Waals surface area contributed by atoms with E-state index in [9.17, 15) is 4.79 Å². The van der Waals surface area contributed by atoms with Gasteiger partial charge >= 0.3 is 0 Å². The number of carbonyl (C=O) groups excluding carboxylic acids is 1. The van der Waals surface area contributed by atoms with Gasteiger partial charge in [-0.1, -0.05) is 6.92 Å². The Bertz CT molecular complexity index is 193. The third-order valence-corrected chi connectivity index (χ3v) is 2.54. The molecule has 1 amide bonds. The lowest BCUT2D eigenvalue weighted by Gasteiger charge is -2.28. The van der Waals surface area contributed by atoms with Crippen LogP contribution in [0.25, 0.3) is 0 Å². The van der Waals surface area contributed by atoms with Crippen molar-refractivity contribution in [1.82, 2.24) is 10.0 Å². The van der Waals surface area contributed by atoms with Crippen LogP contribution in [0.3, 0.4) is 0 Å². The van der Waals surface area contributed by atoms with Crippen molar-refractivity contribution in [1.29, 1.82) is 0 Å². The summed E-state index contributed by atoms with van der Waals surface area (Å²) in [6, 6.07) is 0.410. The van der Waals surface area contributed by atoms with Crippen molar-refractivity contribution in [2.75, 3.05) is 13.6 Å². The van der Waals surface area contributed by atoms with E-state index in [1.165, 1.54) is 0 Å². The van der Waals surface area contributed by atoms with Crippen LogP contribution in [0, 0.1) is 0 Å². The molecule has 0 spiro atoms. The maximum Gasteiger partial charge on any atom is 0.238 e. The van der Waals surface area contributed by atoms with Crippen molar-refractivity contribution < 1.29 is 4.79 Å². The molecule has 0 aliphatic carbocycles. The predicted octanol–water partition coefficient (Wildman–Crippen LogP) is 0.191. The molecule has 1 aliphatic rings. The smallest absolute Gasteiger partial charge is 0.238 e. The number of hydrogen-bond donors (Lipinski definition) is 1. The Kier molecular flexibility index (Phi) is 3.27. The molecule has 1 saturated heterocycles. The number of nitrogens with zero attached hydrogens (tertiary/aromatic N) is 2. The second-order valence-corrected chi connectivity index (χ2v) is 3.79. The highest BCUT2D eigenvalue weighted by molar-refractivity contribution is 5.78. The van der Waals surface area contributed by atoms with Gasteiger partial charge in [-0.15, -0.1) is 0 Å². The molecular formula is C9H19N3O. The van der Waals surface area contributed by atoms with Gasteiger partial charge in [0, 0.05) is 25.6 Å². The lowest BCUT2D eigenvalue weighted by Crippen LogP contribution is -2.45. The van der Waals surface area contributed by atoms with Crippen molar-refractivity contribution in [3.05, 3.63) is 0 Å². The average molecular weight is 185 g/mol. The van der Waals surface area contributed by atoms with E-state index in [4.69, 9.17) is 5.73 Å². The summed E-state index contributed by atoms with van der Waals surface area (Å²) in [5.41, 5.74) is 5.66. The topological polar surface area (TPSA) is 49.6 Å². The largest absolute Gasteiger partial charge is 0.326 e. The van der Waals surface area contributed by atoms with E-state index in [1.807, 2.05) is 19.0 Å². The van der Waals surface area contributed by atoms with E-state index in [1.54, 1.807) is 5.01 Å². The highest BCUT2D eigenvalue weighted by atomic mass is 16.2. The van der Waals surface area contributed by atoms with Crippen LogP contribution in [-0.4, -0.2) is 41.6 Å². The lowest BCUT2D eigenvalue weighted by molar-refractivity contribution is -0.137. The average Bonchev–Trinajstić information content (AvgIpc) is 2.31. The first-order chi connectivity index (χ1) is 6.06.